The Balaban J connectivity index is 2.08. The first-order chi connectivity index (χ1) is 13.1. The summed E-state index contributed by atoms with van der Waals surface area (Å²) in [5.74, 6) is 0.666. The highest BCUT2D eigenvalue weighted by Gasteiger charge is 2.18. The van der Waals surface area contributed by atoms with Crippen molar-refractivity contribution in [2.24, 2.45) is 0 Å². The second-order valence-electron chi connectivity index (χ2n) is 5.72. The number of aromatic nitrogens is 3. The standard InChI is InChI=1S/C19H25N5O2S/c1-4-12-24-18(15-10-8-7-9-11-15)21-22-19(24)27-14-17(26)23(6-3)13-16(25)20-5-2/h4,7-11H,1,5-6,12-14H2,2-3H3,(H,20,25). The molecule has 27 heavy (non-hydrogen) atoms. The average Bonchev–Trinajstić information content (AvgIpc) is 3.08. The molecular formula is C19H25N5O2S. The third kappa shape index (κ3) is 5.68. The first-order valence-electron chi connectivity index (χ1n) is 8.87. The zero-order chi connectivity index (χ0) is 19.6. The molecule has 0 aliphatic rings. The van der Waals surface area contributed by atoms with Crippen LogP contribution in [0.4, 0.5) is 0 Å². The van der Waals surface area contributed by atoms with Crippen LogP contribution in [0, 0.1) is 0 Å². The number of allylic oxidation sites excluding steroid dienone is 1. The SMILES string of the molecule is C=CCn1c(SCC(=O)N(CC)CC(=O)NCC)nnc1-c1ccccc1. The van der Waals surface area contributed by atoms with Crippen LogP contribution in [0.3, 0.4) is 0 Å². The van der Waals surface area contributed by atoms with Gasteiger partial charge >= 0.3 is 0 Å². The molecule has 8 heteroatoms. The van der Waals surface area contributed by atoms with Gasteiger partial charge in [0, 0.05) is 25.2 Å². The third-order valence-corrected chi connectivity index (χ3v) is 4.78. The van der Waals surface area contributed by atoms with E-state index in [-0.39, 0.29) is 24.1 Å². The molecule has 0 fully saturated rings. The molecular weight excluding hydrogens is 362 g/mol. The van der Waals surface area contributed by atoms with Crippen LogP contribution in [0.2, 0.25) is 0 Å². The van der Waals surface area contributed by atoms with E-state index in [1.54, 1.807) is 6.08 Å². The molecule has 0 radical (unpaired) electrons. The smallest absolute Gasteiger partial charge is 0.239 e. The predicted molar refractivity (Wildman–Crippen MR) is 107 cm³/mol. The van der Waals surface area contributed by atoms with Crippen molar-refractivity contribution >= 4 is 23.6 Å². The Morgan fingerprint density at radius 2 is 2.00 bits per heavy atom. The number of carbonyl (C=O) groups is 2. The Morgan fingerprint density at radius 3 is 2.63 bits per heavy atom. The summed E-state index contributed by atoms with van der Waals surface area (Å²) in [6.07, 6.45) is 1.77. The minimum absolute atomic E-state index is 0.0678. The van der Waals surface area contributed by atoms with Gasteiger partial charge in [0.15, 0.2) is 11.0 Å². The van der Waals surface area contributed by atoms with Crippen molar-refractivity contribution in [1.29, 1.82) is 0 Å². The number of benzene rings is 1. The van der Waals surface area contributed by atoms with Crippen LogP contribution in [0.1, 0.15) is 13.8 Å². The molecule has 1 aromatic carbocycles. The molecule has 2 amide bonds. The summed E-state index contributed by atoms with van der Waals surface area (Å²) in [6.45, 7) is 9.14. The number of nitrogens with zero attached hydrogens (tertiary/aromatic N) is 4. The van der Waals surface area contributed by atoms with E-state index in [2.05, 4.69) is 22.1 Å². The van der Waals surface area contributed by atoms with Gasteiger partial charge in [-0.3, -0.25) is 14.2 Å². The Hall–Kier alpha value is -2.61. The molecule has 1 heterocycles. The fourth-order valence-electron chi connectivity index (χ4n) is 2.51. The van der Waals surface area contributed by atoms with E-state index in [9.17, 15) is 9.59 Å². The number of nitrogens with one attached hydrogen (secondary N) is 1. The quantitative estimate of drug-likeness (QED) is 0.499. The van der Waals surface area contributed by atoms with Crippen LogP contribution >= 0.6 is 11.8 Å². The first kappa shape index (κ1) is 20.7. The van der Waals surface area contributed by atoms with Crippen LogP contribution in [0.5, 0.6) is 0 Å². The summed E-state index contributed by atoms with van der Waals surface area (Å²) in [5.41, 5.74) is 0.955. The Morgan fingerprint density at radius 1 is 1.26 bits per heavy atom. The summed E-state index contributed by atoms with van der Waals surface area (Å²) >= 11 is 1.31. The van der Waals surface area contributed by atoms with E-state index >= 15 is 0 Å². The molecule has 1 N–H and O–H groups in total. The topological polar surface area (TPSA) is 80.1 Å². The van der Waals surface area contributed by atoms with Crippen LogP contribution in [0.25, 0.3) is 11.4 Å². The van der Waals surface area contributed by atoms with Crippen molar-refractivity contribution in [2.45, 2.75) is 25.5 Å². The lowest BCUT2D eigenvalue weighted by Gasteiger charge is -2.20. The van der Waals surface area contributed by atoms with E-state index in [1.165, 1.54) is 16.7 Å². The molecule has 1 aromatic heterocycles. The molecule has 0 spiro atoms. The van der Waals surface area contributed by atoms with Crippen LogP contribution < -0.4 is 5.32 Å². The maximum Gasteiger partial charge on any atom is 0.239 e. The fourth-order valence-corrected chi connectivity index (χ4v) is 3.36. The lowest BCUT2D eigenvalue weighted by Crippen LogP contribution is -2.41. The summed E-state index contributed by atoms with van der Waals surface area (Å²) < 4.78 is 1.93. The molecule has 0 aliphatic heterocycles. The van der Waals surface area contributed by atoms with E-state index < -0.39 is 0 Å². The van der Waals surface area contributed by atoms with Crippen molar-refractivity contribution in [3.63, 3.8) is 0 Å². The molecule has 0 saturated carbocycles. The van der Waals surface area contributed by atoms with Gasteiger partial charge in [0.2, 0.25) is 11.8 Å². The third-order valence-electron chi connectivity index (χ3n) is 3.83. The molecule has 0 bridgehead atoms. The van der Waals surface area contributed by atoms with Crippen LogP contribution in [-0.4, -0.2) is 56.9 Å². The van der Waals surface area contributed by atoms with Crippen molar-refractivity contribution in [3.05, 3.63) is 43.0 Å². The van der Waals surface area contributed by atoms with Gasteiger partial charge in [-0.2, -0.15) is 0 Å². The highest BCUT2D eigenvalue weighted by molar-refractivity contribution is 7.99. The zero-order valence-electron chi connectivity index (χ0n) is 15.7. The van der Waals surface area contributed by atoms with E-state index in [0.29, 0.717) is 24.8 Å². The van der Waals surface area contributed by atoms with Gasteiger partial charge in [0.05, 0.1) is 12.3 Å². The van der Waals surface area contributed by atoms with Crippen molar-refractivity contribution in [3.8, 4) is 11.4 Å². The van der Waals surface area contributed by atoms with Gasteiger partial charge in [0.1, 0.15) is 0 Å². The molecule has 144 valence electrons. The van der Waals surface area contributed by atoms with Gasteiger partial charge in [-0.05, 0) is 13.8 Å². The van der Waals surface area contributed by atoms with Gasteiger partial charge in [-0.25, -0.2) is 0 Å². The highest BCUT2D eigenvalue weighted by atomic mass is 32.2. The number of thioether (sulfide) groups is 1. The van der Waals surface area contributed by atoms with Crippen molar-refractivity contribution in [1.82, 2.24) is 25.0 Å². The number of hydrogen-bond acceptors (Lipinski definition) is 5. The van der Waals surface area contributed by atoms with E-state index in [4.69, 9.17) is 0 Å². The molecule has 7 nitrogen and oxygen atoms in total. The summed E-state index contributed by atoms with van der Waals surface area (Å²) in [7, 11) is 0. The maximum absolute atomic E-state index is 12.5. The number of amides is 2. The largest absolute Gasteiger partial charge is 0.355 e. The zero-order valence-corrected chi connectivity index (χ0v) is 16.5. The van der Waals surface area contributed by atoms with E-state index in [0.717, 1.165) is 11.4 Å². The molecule has 2 aromatic rings. The number of hydrogen-bond donors (Lipinski definition) is 1. The maximum atomic E-state index is 12.5. The minimum atomic E-state index is -0.154. The van der Waals surface area contributed by atoms with Crippen LogP contribution in [0.15, 0.2) is 48.1 Å². The predicted octanol–water partition coefficient (Wildman–Crippen LogP) is 2.21. The Labute approximate surface area is 163 Å². The molecule has 2 rings (SSSR count). The molecule has 0 aliphatic carbocycles. The second kappa shape index (κ2) is 10.5. The molecule has 0 saturated heterocycles. The summed E-state index contributed by atoms with van der Waals surface area (Å²) in [6, 6.07) is 9.76. The number of rotatable bonds is 10. The minimum Gasteiger partial charge on any atom is -0.355 e. The highest BCUT2D eigenvalue weighted by Crippen LogP contribution is 2.24. The molecule has 0 atom stereocenters. The summed E-state index contributed by atoms with van der Waals surface area (Å²) in [5, 5.41) is 11.9. The number of carbonyl (C=O) groups excluding carboxylic acids is 2. The van der Waals surface area contributed by atoms with E-state index in [1.807, 2.05) is 48.7 Å². The van der Waals surface area contributed by atoms with Crippen LogP contribution in [-0.2, 0) is 16.1 Å². The Bertz CT molecular complexity index is 776. The normalized spacial score (nSPS) is 10.4. The molecule has 0 unspecified atom stereocenters. The van der Waals surface area contributed by atoms with Crippen molar-refractivity contribution in [2.75, 3.05) is 25.4 Å². The second-order valence-corrected chi connectivity index (χ2v) is 6.66. The lowest BCUT2D eigenvalue weighted by atomic mass is 10.2. The van der Waals surface area contributed by atoms with Crippen molar-refractivity contribution < 1.29 is 9.59 Å². The summed E-state index contributed by atoms with van der Waals surface area (Å²) in [4.78, 5) is 25.8. The average molecular weight is 388 g/mol. The van der Waals surface area contributed by atoms with Gasteiger partial charge in [-0.15, -0.1) is 16.8 Å². The Kier molecular flexibility index (Phi) is 8.06. The lowest BCUT2D eigenvalue weighted by molar-refractivity contribution is -0.133. The fraction of sp³-hybridized carbons (Fsp3) is 0.368. The monoisotopic (exact) mass is 387 g/mol. The van der Waals surface area contributed by atoms with Gasteiger partial charge in [-0.1, -0.05) is 48.2 Å². The first-order valence-corrected chi connectivity index (χ1v) is 9.86. The van der Waals surface area contributed by atoms with Gasteiger partial charge in [0.25, 0.3) is 0 Å². The van der Waals surface area contributed by atoms with Gasteiger partial charge < -0.3 is 10.2 Å². The number of likely N-dealkylation sites (N-methyl/N-ethyl adjacent to an activating group) is 2.